The number of pyridine rings is 1. The zero-order valence-corrected chi connectivity index (χ0v) is 12.5. The van der Waals surface area contributed by atoms with E-state index in [1.165, 1.54) is 16.5 Å². The molecule has 1 N–H and O–H groups in total. The summed E-state index contributed by atoms with van der Waals surface area (Å²) in [6.45, 7) is 5.09. The molecule has 0 aliphatic carbocycles. The summed E-state index contributed by atoms with van der Waals surface area (Å²) in [5.41, 5.74) is 3.44. The van der Waals surface area contributed by atoms with Crippen LogP contribution in [0.15, 0.2) is 53.2 Å². The lowest BCUT2D eigenvalue weighted by Gasteiger charge is -2.13. The van der Waals surface area contributed by atoms with Crippen LogP contribution in [-0.4, -0.2) is 4.98 Å². The van der Waals surface area contributed by atoms with E-state index in [1.54, 1.807) is 6.20 Å². The van der Waals surface area contributed by atoms with Crippen molar-refractivity contribution in [3.8, 4) is 0 Å². The Morgan fingerprint density at radius 2 is 2.05 bits per heavy atom. The molecule has 0 aliphatic heterocycles. The Kier molecular flexibility index (Phi) is 4.02. The van der Waals surface area contributed by atoms with Crippen molar-refractivity contribution in [3.63, 3.8) is 0 Å². The summed E-state index contributed by atoms with van der Waals surface area (Å²) in [7, 11) is 0. The average Bonchev–Trinajstić information content (AvgIpc) is 2.91. The number of benzene rings is 1. The van der Waals surface area contributed by atoms with Crippen LogP contribution in [-0.2, 0) is 13.0 Å². The summed E-state index contributed by atoms with van der Waals surface area (Å²) < 4.78 is 5.93. The largest absolute Gasteiger partial charge is 0.461 e. The first-order valence-corrected chi connectivity index (χ1v) is 7.42. The predicted octanol–water partition coefficient (Wildman–Crippen LogP) is 4.24. The molecule has 3 nitrogen and oxygen atoms in total. The third-order valence-corrected chi connectivity index (χ3v) is 3.87. The Morgan fingerprint density at radius 1 is 1.19 bits per heavy atom. The second-order valence-electron chi connectivity index (χ2n) is 5.24. The molecule has 0 saturated heterocycles. The highest BCUT2D eigenvalue weighted by atomic mass is 16.3. The summed E-state index contributed by atoms with van der Waals surface area (Å²) in [6, 6.07) is 12.6. The van der Waals surface area contributed by atoms with E-state index in [0.29, 0.717) is 0 Å². The van der Waals surface area contributed by atoms with E-state index in [1.807, 2.05) is 24.4 Å². The van der Waals surface area contributed by atoms with Gasteiger partial charge in [0.05, 0.1) is 0 Å². The second kappa shape index (κ2) is 6.10. The molecule has 3 rings (SSSR count). The second-order valence-corrected chi connectivity index (χ2v) is 5.24. The molecule has 0 fully saturated rings. The zero-order chi connectivity index (χ0) is 14.7. The van der Waals surface area contributed by atoms with Crippen LogP contribution in [0.4, 0.5) is 0 Å². The minimum absolute atomic E-state index is 0.261. The number of hydrogen-bond acceptors (Lipinski definition) is 3. The van der Waals surface area contributed by atoms with E-state index in [4.69, 9.17) is 4.42 Å². The molecule has 1 atom stereocenters. The van der Waals surface area contributed by atoms with Crippen molar-refractivity contribution in [2.24, 2.45) is 0 Å². The van der Waals surface area contributed by atoms with Gasteiger partial charge in [-0.05, 0) is 24.6 Å². The van der Waals surface area contributed by atoms with Gasteiger partial charge in [-0.25, -0.2) is 0 Å². The quantitative estimate of drug-likeness (QED) is 0.759. The van der Waals surface area contributed by atoms with Gasteiger partial charge in [0.2, 0.25) is 0 Å². The fourth-order valence-corrected chi connectivity index (χ4v) is 2.63. The molecule has 2 aromatic heterocycles. The summed E-state index contributed by atoms with van der Waals surface area (Å²) in [5, 5.41) is 4.78. The maximum atomic E-state index is 5.93. The lowest BCUT2D eigenvalue weighted by molar-refractivity contribution is 0.529. The molecule has 0 amide bonds. The monoisotopic (exact) mass is 280 g/mol. The van der Waals surface area contributed by atoms with Crippen molar-refractivity contribution in [1.82, 2.24) is 10.3 Å². The molecule has 108 valence electrons. The van der Waals surface area contributed by atoms with Crippen LogP contribution >= 0.6 is 0 Å². The Morgan fingerprint density at radius 3 is 2.81 bits per heavy atom. The maximum Gasteiger partial charge on any atom is 0.134 e. The number of para-hydroxylation sites is 1. The Hall–Kier alpha value is -2.13. The van der Waals surface area contributed by atoms with E-state index in [-0.39, 0.29) is 6.04 Å². The molecule has 0 radical (unpaired) electrons. The van der Waals surface area contributed by atoms with E-state index in [0.717, 1.165) is 24.3 Å². The van der Waals surface area contributed by atoms with Crippen molar-refractivity contribution < 1.29 is 4.42 Å². The SMILES string of the molecule is CCc1oc2ccccc2c1CN[C@@H](C)c1cccnc1. The lowest BCUT2D eigenvalue weighted by atomic mass is 10.1. The highest BCUT2D eigenvalue weighted by Crippen LogP contribution is 2.26. The lowest BCUT2D eigenvalue weighted by Crippen LogP contribution is -2.18. The normalized spacial score (nSPS) is 12.7. The summed E-state index contributed by atoms with van der Waals surface area (Å²) in [6.07, 6.45) is 4.62. The molecule has 0 spiro atoms. The average molecular weight is 280 g/mol. The van der Waals surface area contributed by atoms with Crippen LogP contribution in [0.2, 0.25) is 0 Å². The number of furan rings is 1. The van der Waals surface area contributed by atoms with Gasteiger partial charge in [0.15, 0.2) is 0 Å². The Balaban J connectivity index is 1.82. The first-order valence-electron chi connectivity index (χ1n) is 7.42. The molecular weight excluding hydrogens is 260 g/mol. The Labute approximate surface area is 125 Å². The smallest absolute Gasteiger partial charge is 0.134 e. The number of fused-ring (bicyclic) bond motifs is 1. The highest BCUT2D eigenvalue weighted by Gasteiger charge is 2.13. The standard InChI is InChI=1S/C18H20N2O/c1-3-17-16(15-8-4-5-9-18(15)21-17)12-20-13(2)14-7-6-10-19-11-14/h4-11,13,20H,3,12H2,1-2H3/t13-/m0/s1. The number of aryl methyl sites for hydroxylation is 1. The van der Waals surface area contributed by atoms with E-state index in [2.05, 4.69) is 42.3 Å². The maximum absolute atomic E-state index is 5.93. The van der Waals surface area contributed by atoms with Gasteiger partial charge in [-0.2, -0.15) is 0 Å². The van der Waals surface area contributed by atoms with Gasteiger partial charge >= 0.3 is 0 Å². The summed E-state index contributed by atoms with van der Waals surface area (Å²) >= 11 is 0. The van der Waals surface area contributed by atoms with Gasteiger partial charge in [-0.15, -0.1) is 0 Å². The fourth-order valence-electron chi connectivity index (χ4n) is 2.63. The summed E-state index contributed by atoms with van der Waals surface area (Å²) in [5.74, 6) is 1.07. The zero-order valence-electron chi connectivity index (χ0n) is 12.5. The van der Waals surface area contributed by atoms with Crippen LogP contribution < -0.4 is 5.32 Å². The van der Waals surface area contributed by atoms with Gasteiger partial charge in [0.25, 0.3) is 0 Å². The number of nitrogens with one attached hydrogen (secondary N) is 1. The molecule has 0 aliphatic rings. The van der Waals surface area contributed by atoms with Gasteiger partial charge < -0.3 is 9.73 Å². The molecule has 21 heavy (non-hydrogen) atoms. The molecule has 2 heterocycles. The van der Waals surface area contributed by atoms with Crippen molar-refractivity contribution in [2.75, 3.05) is 0 Å². The molecule has 3 heteroatoms. The molecule has 3 aromatic rings. The van der Waals surface area contributed by atoms with Crippen molar-refractivity contribution >= 4 is 11.0 Å². The van der Waals surface area contributed by atoms with E-state index in [9.17, 15) is 0 Å². The van der Waals surface area contributed by atoms with Gasteiger partial charge in [0.1, 0.15) is 11.3 Å². The van der Waals surface area contributed by atoms with E-state index >= 15 is 0 Å². The number of aromatic nitrogens is 1. The Bertz CT molecular complexity index is 718. The molecule has 0 saturated carbocycles. The molecule has 1 aromatic carbocycles. The minimum Gasteiger partial charge on any atom is -0.461 e. The first kappa shape index (κ1) is 13.8. The summed E-state index contributed by atoms with van der Waals surface area (Å²) in [4.78, 5) is 4.18. The third kappa shape index (κ3) is 2.83. The van der Waals surface area contributed by atoms with Gasteiger partial charge in [0, 0.05) is 42.4 Å². The van der Waals surface area contributed by atoms with Crippen molar-refractivity contribution in [2.45, 2.75) is 32.9 Å². The fraction of sp³-hybridized carbons (Fsp3) is 0.278. The van der Waals surface area contributed by atoms with Gasteiger partial charge in [-0.3, -0.25) is 4.98 Å². The van der Waals surface area contributed by atoms with Crippen LogP contribution in [0.1, 0.15) is 36.8 Å². The molecule has 0 bridgehead atoms. The van der Waals surface area contributed by atoms with Crippen molar-refractivity contribution in [3.05, 3.63) is 65.7 Å². The number of rotatable bonds is 5. The minimum atomic E-state index is 0.261. The van der Waals surface area contributed by atoms with E-state index < -0.39 is 0 Å². The number of nitrogens with zero attached hydrogens (tertiary/aromatic N) is 1. The van der Waals surface area contributed by atoms with Gasteiger partial charge in [-0.1, -0.05) is 31.2 Å². The molecule has 0 unspecified atom stereocenters. The highest BCUT2D eigenvalue weighted by molar-refractivity contribution is 5.82. The third-order valence-electron chi connectivity index (χ3n) is 3.87. The first-order chi connectivity index (χ1) is 10.3. The van der Waals surface area contributed by atoms with Crippen molar-refractivity contribution in [1.29, 1.82) is 0 Å². The van der Waals surface area contributed by atoms with Crippen LogP contribution in [0, 0.1) is 0 Å². The molecular formula is C18H20N2O. The van der Waals surface area contributed by atoms with Crippen LogP contribution in [0.5, 0.6) is 0 Å². The topological polar surface area (TPSA) is 38.1 Å². The van der Waals surface area contributed by atoms with Crippen LogP contribution in [0.25, 0.3) is 11.0 Å². The number of hydrogen-bond donors (Lipinski definition) is 1. The predicted molar refractivity (Wildman–Crippen MR) is 85.1 cm³/mol. The van der Waals surface area contributed by atoms with Crippen LogP contribution in [0.3, 0.4) is 0 Å².